The second-order valence-corrected chi connectivity index (χ2v) is 4.86. The van der Waals surface area contributed by atoms with Crippen molar-refractivity contribution < 1.29 is 4.79 Å². The summed E-state index contributed by atoms with van der Waals surface area (Å²) in [6.07, 6.45) is 5.50. The van der Waals surface area contributed by atoms with Gasteiger partial charge in [-0.15, -0.1) is 0 Å². The Kier molecular flexibility index (Phi) is 2.81. The van der Waals surface area contributed by atoms with Crippen LogP contribution in [0.1, 0.15) is 36.4 Å². The van der Waals surface area contributed by atoms with Gasteiger partial charge in [-0.25, -0.2) is 0 Å². The van der Waals surface area contributed by atoms with E-state index < -0.39 is 0 Å². The van der Waals surface area contributed by atoms with Crippen LogP contribution in [-0.2, 0) is 11.2 Å². The lowest BCUT2D eigenvalue weighted by molar-refractivity contribution is -0.118. The van der Waals surface area contributed by atoms with E-state index in [0.717, 1.165) is 19.4 Å². The lowest BCUT2D eigenvalue weighted by Crippen LogP contribution is -2.31. The fourth-order valence-corrected chi connectivity index (χ4v) is 2.83. The number of allylic oxidation sites excluding steroid dienone is 1. The van der Waals surface area contributed by atoms with E-state index in [9.17, 15) is 4.79 Å². The molecule has 1 aromatic carbocycles. The quantitative estimate of drug-likeness (QED) is 0.747. The van der Waals surface area contributed by atoms with Gasteiger partial charge in [0, 0.05) is 19.4 Å². The van der Waals surface area contributed by atoms with Crippen molar-refractivity contribution in [1.29, 1.82) is 0 Å². The number of nitrogens with one attached hydrogen (secondary N) is 1. The van der Waals surface area contributed by atoms with E-state index in [1.807, 2.05) is 0 Å². The highest BCUT2D eigenvalue weighted by atomic mass is 16.1. The molecular formula is C15H17NO. The van der Waals surface area contributed by atoms with Gasteiger partial charge in [0.05, 0.1) is 6.04 Å². The molecule has 0 saturated heterocycles. The molecule has 3 rings (SSSR count). The maximum atomic E-state index is 11.3. The Balaban J connectivity index is 1.93. The fraction of sp³-hybridized carbons (Fsp3) is 0.400. The standard InChI is InChI=1S/C15H17NO/c17-13-7-5-12(6-8-13)15-14-4-2-1-3-11(14)9-10-16-15/h1-5,15-16H,6-10H2. The molecule has 1 unspecified atom stereocenters. The van der Waals surface area contributed by atoms with Gasteiger partial charge >= 0.3 is 0 Å². The Hall–Kier alpha value is -1.41. The normalized spacial score (nSPS) is 24.1. The summed E-state index contributed by atoms with van der Waals surface area (Å²) in [6.45, 7) is 1.03. The first-order valence-electron chi connectivity index (χ1n) is 6.36. The second-order valence-electron chi connectivity index (χ2n) is 4.86. The molecule has 0 fully saturated rings. The number of rotatable bonds is 1. The van der Waals surface area contributed by atoms with Crippen molar-refractivity contribution in [1.82, 2.24) is 5.32 Å². The van der Waals surface area contributed by atoms with Crippen molar-refractivity contribution in [3.63, 3.8) is 0 Å². The van der Waals surface area contributed by atoms with Gasteiger partial charge in [-0.2, -0.15) is 0 Å². The van der Waals surface area contributed by atoms with Gasteiger partial charge in [-0.1, -0.05) is 35.9 Å². The van der Waals surface area contributed by atoms with E-state index >= 15 is 0 Å². The summed E-state index contributed by atoms with van der Waals surface area (Å²) in [6, 6.07) is 8.99. The lowest BCUT2D eigenvalue weighted by atomic mass is 9.85. The van der Waals surface area contributed by atoms with Crippen LogP contribution in [0, 0.1) is 0 Å². The van der Waals surface area contributed by atoms with Crippen molar-refractivity contribution in [2.75, 3.05) is 6.54 Å². The van der Waals surface area contributed by atoms with Crippen LogP contribution in [0.25, 0.3) is 0 Å². The Labute approximate surface area is 102 Å². The Morgan fingerprint density at radius 3 is 2.82 bits per heavy atom. The molecule has 17 heavy (non-hydrogen) atoms. The van der Waals surface area contributed by atoms with Crippen molar-refractivity contribution in [2.45, 2.75) is 31.7 Å². The molecule has 2 aliphatic rings. The first-order valence-corrected chi connectivity index (χ1v) is 6.36. The van der Waals surface area contributed by atoms with Crippen LogP contribution in [0.5, 0.6) is 0 Å². The smallest absolute Gasteiger partial charge is 0.136 e. The van der Waals surface area contributed by atoms with E-state index in [2.05, 4.69) is 35.7 Å². The van der Waals surface area contributed by atoms with Crippen LogP contribution in [0.3, 0.4) is 0 Å². The van der Waals surface area contributed by atoms with E-state index in [1.54, 1.807) is 0 Å². The van der Waals surface area contributed by atoms with Gasteiger partial charge < -0.3 is 5.32 Å². The topological polar surface area (TPSA) is 29.1 Å². The Bertz CT molecular complexity index is 476. The summed E-state index contributed by atoms with van der Waals surface area (Å²) in [5.74, 6) is 0.373. The largest absolute Gasteiger partial charge is 0.306 e. The SMILES string of the molecule is O=C1CC=C(C2NCCc3ccccc32)CC1. The Morgan fingerprint density at radius 1 is 1.12 bits per heavy atom. The summed E-state index contributed by atoms with van der Waals surface area (Å²) in [5.41, 5.74) is 4.25. The number of carbonyl (C=O) groups is 1. The summed E-state index contributed by atoms with van der Waals surface area (Å²) < 4.78 is 0. The van der Waals surface area contributed by atoms with Crippen LogP contribution in [0.4, 0.5) is 0 Å². The third-order valence-electron chi connectivity index (χ3n) is 3.76. The number of Topliss-reactive ketones (excluding diaryl/α,β-unsaturated/α-hetero) is 1. The highest BCUT2D eigenvalue weighted by molar-refractivity contribution is 5.81. The highest BCUT2D eigenvalue weighted by Crippen LogP contribution is 2.32. The Morgan fingerprint density at radius 2 is 2.00 bits per heavy atom. The molecule has 1 aromatic rings. The number of ketones is 1. The van der Waals surface area contributed by atoms with Crippen LogP contribution in [0.15, 0.2) is 35.9 Å². The van der Waals surface area contributed by atoms with Crippen molar-refractivity contribution in [2.24, 2.45) is 0 Å². The van der Waals surface area contributed by atoms with Crippen LogP contribution >= 0.6 is 0 Å². The van der Waals surface area contributed by atoms with E-state index in [-0.39, 0.29) is 0 Å². The summed E-state index contributed by atoms with van der Waals surface area (Å²) in [4.78, 5) is 11.3. The molecule has 88 valence electrons. The van der Waals surface area contributed by atoms with E-state index in [4.69, 9.17) is 0 Å². The molecule has 2 heteroatoms. The molecule has 1 aliphatic heterocycles. The molecular weight excluding hydrogens is 210 g/mol. The average Bonchev–Trinajstić information content (AvgIpc) is 2.39. The summed E-state index contributed by atoms with van der Waals surface area (Å²) in [7, 11) is 0. The van der Waals surface area contributed by atoms with Crippen molar-refractivity contribution >= 4 is 5.78 Å². The number of fused-ring (bicyclic) bond motifs is 1. The van der Waals surface area contributed by atoms with E-state index in [1.165, 1.54) is 16.7 Å². The molecule has 0 spiro atoms. The predicted octanol–water partition coefficient (Wildman–Crippen LogP) is 2.55. The lowest BCUT2D eigenvalue weighted by Gasteiger charge is -2.30. The summed E-state index contributed by atoms with van der Waals surface area (Å²) >= 11 is 0. The van der Waals surface area contributed by atoms with Crippen molar-refractivity contribution in [3.8, 4) is 0 Å². The van der Waals surface area contributed by atoms with Gasteiger partial charge in [-0.3, -0.25) is 4.79 Å². The maximum absolute atomic E-state index is 11.3. The number of hydrogen-bond donors (Lipinski definition) is 1. The number of carbonyl (C=O) groups excluding carboxylic acids is 1. The zero-order valence-corrected chi connectivity index (χ0v) is 9.91. The van der Waals surface area contributed by atoms with Crippen molar-refractivity contribution in [3.05, 3.63) is 47.0 Å². The van der Waals surface area contributed by atoms with Gasteiger partial charge in [-0.05, 0) is 24.0 Å². The highest BCUT2D eigenvalue weighted by Gasteiger charge is 2.24. The zero-order valence-electron chi connectivity index (χ0n) is 9.91. The molecule has 0 saturated carbocycles. The predicted molar refractivity (Wildman–Crippen MR) is 67.8 cm³/mol. The first kappa shape index (κ1) is 10.7. The monoisotopic (exact) mass is 227 g/mol. The molecule has 0 bridgehead atoms. The number of benzene rings is 1. The minimum atomic E-state index is 0.341. The van der Waals surface area contributed by atoms with Gasteiger partial charge in [0.1, 0.15) is 5.78 Å². The minimum Gasteiger partial charge on any atom is -0.306 e. The molecule has 2 nitrogen and oxygen atoms in total. The molecule has 1 N–H and O–H groups in total. The number of hydrogen-bond acceptors (Lipinski definition) is 2. The molecule has 0 aromatic heterocycles. The fourth-order valence-electron chi connectivity index (χ4n) is 2.83. The maximum Gasteiger partial charge on any atom is 0.136 e. The third-order valence-corrected chi connectivity index (χ3v) is 3.76. The van der Waals surface area contributed by atoms with Crippen LogP contribution in [0.2, 0.25) is 0 Å². The molecule has 0 amide bonds. The first-order chi connectivity index (χ1) is 8.34. The molecule has 1 atom stereocenters. The van der Waals surface area contributed by atoms with E-state index in [0.29, 0.717) is 24.7 Å². The average molecular weight is 227 g/mol. The molecule has 1 aliphatic carbocycles. The molecule has 0 radical (unpaired) electrons. The van der Waals surface area contributed by atoms with Gasteiger partial charge in [0.25, 0.3) is 0 Å². The van der Waals surface area contributed by atoms with Crippen LogP contribution < -0.4 is 5.32 Å². The van der Waals surface area contributed by atoms with Crippen LogP contribution in [-0.4, -0.2) is 12.3 Å². The van der Waals surface area contributed by atoms with Gasteiger partial charge in [0.2, 0.25) is 0 Å². The molecule has 1 heterocycles. The zero-order chi connectivity index (χ0) is 11.7. The summed E-state index contributed by atoms with van der Waals surface area (Å²) in [5, 5.41) is 3.58. The minimum absolute atomic E-state index is 0.341. The third kappa shape index (κ3) is 2.05. The second kappa shape index (κ2) is 4.46. The van der Waals surface area contributed by atoms with Gasteiger partial charge in [0.15, 0.2) is 0 Å².